The highest BCUT2D eigenvalue weighted by Gasteiger charge is 2.22. The summed E-state index contributed by atoms with van der Waals surface area (Å²) in [7, 11) is 0. The van der Waals surface area contributed by atoms with Crippen LogP contribution < -0.4 is 5.73 Å². The molecule has 0 bridgehead atoms. The van der Waals surface area contributed by atoms with Crippen molar-refractivity contribution in [2.24, 2.45) is 0 Å². The van der Waals surface area contributed by atoms with Crippen LogP contribution in [0.4, 0.5) is 5.82 Å². The zero-order valence-electron chi connectivity index (χ0n) is 13.7. The van der Waals surface area contributed by atoms with Crippen molar-refractivity contribution in [3.8, 4) is 11.1 Å². The summed E-state index contributed by atoms with van der Waals surface area (Å²) in [5, 5.41) is 12.7. The summed E-state index contributed by atoms with van der Waals surface area (Å²) in [6.45, 7) is 4.05. The van der Waals surface area contributed by atoms with Crippen LogP contribution in [-0.2, 0) is 11.2 Å². The molecule has 0 saturated heterocycles. The Morgan fingerprint density at radius 1 is 1.21 bits per heavy atom. The zero-order chi connectivity index (χ0) is 17.1. The number of hydrogen-bond donors (Lipinski definition) is 1. The molecule has 0 amide bonds. The summed E-state index contributed by atoms with van der Waals surface area (Å²) >= 11 is 0. The first-order valence-electron chi connectivity index (χ1n) is 7.93. The van der Waals surface area contributed by atoms with Crippen LogP contribution in [-0.4, -0.2) is 32.4 Å². The fraction of sp³-hybridized carbons (Fsp3) is 0.294. The fourth-order valence-electron chi connectivity index (χ4n) is 2.62. The normalized spacial score (nSPS) is 10.9. The molecule has 3 rings (SSSR count). The quantitative estimate of drug-likeness (QED) is 0.724. The number of ether oxygens (including phenoxy) is 1. The van der Waals surface area contributed by atoms with Crippen LogP contribution in [0.3, 0.4) is 0 Å². The van der Waals surface area contributed by atoms with Gasteiger partial charge in [0.25, 0.3) is 0 Å². The molecular formula is C17H19N5O2. The molecule has 0 spiro atoms. The third kappa shape index (κ3) is 2.68. The van der Waals surface area contributed by atoms with Gasteiger partial charge in [-0.3, -0.25) is 0 Å². The van der Waals surface area contributed by atoms with Crippen LogP contribution >= 0.6 is 0 Å². The molecule has 0 radical (unpaired) electrons. The molecule has 7 heteroatoms. The van der Waals surface area contributed by atoms with Crippen molar-refractivity contribution in [1.82, 2.24) is 19.8 Å². The van der Waals surface area contributed by atoms with Crippen LogP contribution in [0.1, 0.15) is 36.5 Å². The third-order valence-electron chi connectivity index (χ3n) is 3.67. The summed E-state index contributed by atoms with van der Waals surface area (Å²) in [4.78, 5) is 12.0. The molecule has 2 heterocycles. The first kappa shape index (κ1) is 15.9. The summed E-state index contributed by atoms with van der Waals surface area (Å²) in [6.07, 6.45) is 1.71. The third-order valence-corrected chi connectivity index (χ3v) is 3.67. The van der Waals surface area contributed by atoms with E-state index >= 15 is 0 Å². The maximum atomic E-state index is 12.0. The smallest absolute Gasteiger partial charge is 0.362 e. The van der Waals surface area contributed by atoms with Crippen LogP contribution in [0.15, 0.2) is 30.3 Å². The largest absolute Gasteiger partial charge is 0.461 e. The Bertz CT molecular complexity index is 874. The molecule has 0 fully saturated rings. The van der Waals surface area contributed by atoms with Crippen molar-refractivity contribution < 1.29 is 9.53 Å². The number of nitrogens with zero attached hydrogens (tertiary/aromatic N) is 4. The van der Waals surface area contributed by atoms with Crippen LogP contribution in [0, 0.1) is 0 Å². The van der Waals surface area contributed by atoms with Gasteiger partial charge in [0, 0.05) is 0 Å². The number of esters is 1. The van der Waals surface area contributed by atoms with Gasteiger partial charge in [-0.15, -0.1) is 10.2 Å². The monoisotopic (exact) mass is 325 g/mol. The molecule has 0 unspecified atom stereocenters. The predicted octanol–water partition coefficient (Wildman–Crippen LogP) is 2.50. The first-order chi connectivity index (χ1) is 11.7. The van der Waals surface area contributed by atoms with E-state index in [1.54, 1.807) is 6.92 Å². The number of nitrogen functional groups attached to an aromatic ring is 1. The molecule has 1 aromatic carbocycles. The molecule has 2 N–H and O–H groups in total. The molecule has 3 aromatic rings. The van der Waals surface area contributed by atoms with E-state index in [4.69, 9.17) is 10.5 Å². The number of nitrogens with two attached hydrogens (primary N) is 1. The molecule has 124 valence electrons. The average Bonchev–Trinajstić information content (AvgIpc) is 2.95. The van der Waals surface area contributed by atoms with Crippen molar-refractivity contribution in [2.45, 2.75) is 26.7 Å². The number of anilines is 1. The van der Waals surface area contributed by atoms with E-state index in [0.717, 1.165) is 29.7 Å². The fourth-order valence-corrected chi connectivity index (χ4v) is 2.62. The highest BCUT2D eigenvalue weighted by atomic mass is 16.5. The number of fused-ring (bicyclic) bond motifs is 1. The van der Waals surface area contributed by atoms with E-state index in [2.05, 4.69) is 22.2 Å². The van der Waals surface area contributed by atoms with Gasteiger partial charge in [-0.1, -0.05) is 43.7 Å². The molecule has 7 nitrogen and oxygen atoms in total. The van der Waals surface area contributed by atoms with E-state index < -0.39 is 5.97 Å². The Morgan fingerprint density at radius 3 is 2.62 bits per heavy atom. The SMILES string of the molecule is CCCc1nn2c(N)c(C(=O)OCC)nnc2c1-c1ccccc1. The minimum atomic E-state index is -0.599. The van der Waals surface area contributed by atoms with Crippen molar-refractivity contribution in [1.29, 1.82) is 0 Å². The van der Waals surface area contributed by atoms with Crippen molar-refractivity contribution >= 4 is 17.4 Å². The van der Waals surface area contributed by atoms with Crippen LogP contribution in [0.2, 0.25) is 0 Å². The highest BCUT2D eigenvalue weighted by Crippen LogP contribution is 2.29. The van der Waals surface area contributed by atoms with Gasteiger partial charge in [0.15, 0.2) is 11.5 Å². The van der Waals surface area contributed by atoms with Crippen molar-refractivity contribution in [2.75, 3.05) is 12.3 Å². The molecule has 0 aliphatic carbocycles. The number of rotatable bonds is 5. The topological polar surface area (TPSA) is 95.4 Å². The lowest BCUT2D eigenvalue weighted by Crippen LogP contribution is -2.15. The summed E-state index contributed by atoms with van der Waals surface area (Å²) in [5.74, 6) is -0.462. The molecule has 0 saturated carbocycles. The molecule has 0 atom stereocenters. The van der Waals surface area contributed by atoms with Gasteiger partial charge in [0.05, 0.1) is 17.9 Å². The Morgan fingerprint density at radius 2 is 1.96 bits per heavy atom. The second kappa shape index (κ2) is 6.66. The van der Waals surface area contributed by atoms with E-state index in [9.17, 15) is 4.79 Å². The van der Waals surface area contributed by atoms with E-state index in [0.29, 0.717) is 5.65 Å². The predicted molar refractivity (Wildman–Crippen MR) is 90.6 cm³/mol. The molecule has 0 aliphatic heterocycles. The lowest BCUT2D eigenvalue weighted by molar-refractivity contribution is 0.0519. The number of carbonyl (C=O) groups is 1. The van der Waals surface area contributed by atoms with Crippen molar-refractivity contribution in [3.63, 3.8) is 0 Å². The number of aryl methyl sites for hydroxylation is 1. The summed E-state index contributed by atoms with van der Waals surface area (Å²) in [5.41, 5.74) is 9.39. The summed E-state index contributed by atoms with van der Waals surface area (Å²) < 4.78 is 6.44. The second-order valence-corrected chi connectivity index (χ2v) is 5.33. The lowest BCUT2D eigenvalue weighted by Gasteiger charge is -2.05. The zero-order valence-corrected chi connectivity index (χ0v) is 13.7. The summed E-state index contributed by atoms with van der Waals surface area (Å²) in [6, 6.07) is 9.85. The van der Waals surface area contributed by atoms with Gasteiger partial charge in [-0.2, -0.15) is 9.61 Å². The second-order valence-electron chi connectivity index (χ2n) is 5.33. The van der Waals surface area contributed by atoms with E-state index in [1.165, 1.54) is 4.52 Å². The lowest BCUT2D eigenvalue weighted by atomic mass is 10.0. The van der Waals surface area contributed by atoms with Gasteiger partial charge < -0.3 is 10.5 Å². The van der Waals surface area contributed by atoms with Crippen LogP contribution in [0.25, 0.3) is 16.8 Å². The maximum absolute atomic E-state index is 12.0. The highest BCUT2D eigenvalue weighted by molar-refractivity contribution is 5.93. The minimum Gasteiger partial charge on any atom is -0.461 e. The van der Waals surface area contributed by atoms with Crippen LogP contribution in [0.5, 0.6) is 0 Å². The number of aromatic nitrogens is 4. The van der Waals surface area contributed by atoms with Gasteiger partial charge in [-0.05, 0) is 18.9 Å². The maximum Gasteiger partial charge on any atom is 0.362 e. The Labute approximate surface area is 139 Å². The molecule has 0 aliphatic rings. The average molecular weight is 325 g/mol. The standard InChI is InChI=1S/C17H19N5O2/c1-3-8-12-13(11-9-6-5-7-10-11)16-20-19-14(17(23)24-4-2)15(18)22(16)21-12/h5-7,9-10H,3-4,8,18H2,1-2H3. The van der Waals surface area contributed by atoms with Gasteiger partial charge >= 0.3 is 5.97 Å². The van der Waals surface area contributed by atoms with E-state index in [1.807, 2.05) is 30.3 Å². The molecule has 2 aromatic heterocycles. The van der Waals surface area contributed by atoms with Gasteiger partial charge in [0.2, 0.25) is 5.69 Å². The minimum absolute atomic E-state index is 0.0190. The Kier molecular flexibility index (Phi) is 4.41. The molecular weight excluding hydrogens is 306 g/mol. The van der Waals surface area contributed by atoms with E-state index in [-0.39, 0.29) is 18.1 Å². The van der Waals surface area contributed by atoms with Crippen molar-refractivity contribution in [3.05, 3.63) is 41.7 Å². The van der Waals surface area contributed by atoms with Gasteiger partial charge in [0.1, 0.15) is 0 Å². The van der Waals surface area contributed by atoms with Gasteiger partial charge in [-0.25, -0.2) is 4.79 Å². The number of benzene rings is 1. The Balaban J connectivity index is 2.23. The number of hydrogen-bond acceptors (Lipinski definition) is 6. The Hall–Kier alpha value is -2.96. The number of carbonyl (C=O) groups excluding carboxylic acids is 1. The first-order valence-corrected chi connectivity index (χ1v) is 7.93. The molecule has 24 heavy (non-hydrogen) atoms.